The van der Waals surface area contributed by atoms with E-state index in [1.807, 2.05) is 0 Å². The number of nitrogens with one attached hydrogen (secondary N) is 1. The second-order valence-electron chi connectivity index (χ2n) is 14.2. The van der Waals surface area contributed by atoms with Gasteiger partial charge in [0.05, 0.1) is 6.20 Å². The van der Waals surface area contributed by atoms with Crippen molar-refractivity contribution >= 4 is 58.4 Å². The quantitative estimate of drug-likeness (QED) is 0.142. The molecule has 0 spiro atoms. The second-order valence-corrected chi connectivity index (χ2v) is 14.2. The van der Waals surface area contributed by atoms with Crippen molar-refractivity contribution in [3.63, 3.8) is 0 Å². The molecule has 1 N–H and O–H groups in total. The van der Waals surface area contributed by atoms with Crippen LogP contribution < -0.4 is 9.80 Å². The summed E-state index contributed by atoms with van der Waals surface area (Å²) in [6.45, 7) is 8.50. The van der Waals surface area contributed by atoms with Crippen LogP contribution in [0.2, 0.25) is 0 Å². The molecular formula is C52H47N5. The summed E-state index contributed by atoms with van der Waals surface area (Å²) in [5, 5.41) is 9.26. The van der Waals surface area contributed by atoms with E-state index in [0.717, 1.165) is 45.3 Å². The molecule has 0 saturated heterocycles. The van der Waals surface area contributed by atoms with Crippen LogP contribution in [-0.4, -0.2) is 15.4 Å². The molecule has 5 heteroatoms. The summed E-state index contributed by atoms with van der Waals surface area (Å²) >= 11 is 0. The first kappa shape index (κ1) is 38.1. The van der Waals surface area contributed by atoms with Crippen LogP contribution in [0.5, 0.6) is 0 Å². The highest BCUT2D eigenvalue weighted by atomic mass is 15.3. The summed E-state index contributed by atoms with van der Waals surface area (Å²) in [5.41, 5.74) is 16.5. The van der Waals surface area contributed by atoms with Crippen molar-refractivity contribution in [1.29, 1.82) is 0 Å². The summed E-state index contributed by atoms with van der Waals surface area (Å²) in [6.07, 6.45) is 11.9. The number of nitrogens with zero attached hydrogens (tertiary/aromatic N) is 4. The molecule has 0 bridgehead atoms. The molecule has 5 nitrogen and oxygen atoms in total. The average Bonchev–Trinajstić information content (AvgIpc) is 3.85. The Bertz CT molecular complexity index is 2210. The third-order valence-corrected chi connectivity index (χ3v) is 9.68. The van der Waals surface area contributed by atoms with Gasteiger partial charge >= 0.3 is 0 Å². The van der Waals surface area contributed by atoms with Gasteiger partial charge in [0.25, 0.3) is 0 Å². The summed E-state index contributed by atoms with van der Waals surface area (Å²) in [5.74, 6) is 0. The molecule has 8 rings (SSSR count). The molecule has 0 aliphatic heterocycles. The van der Waals surface area contributed by atoms with E-state index in [0.29, 0.717) is 0 Å². The standard InChI is InChI=1S/C50H44N2.C2H3N3/c1-37-5-25-45(26-6-37)51(46-27-7-38(2)8-28-46)49-33-21-43(22-34-49)19-17-41-13-15-42(16-14-41)18-20-44-23-35-50(36-24-44)52(47-29-9-39(3)10-30-47)48-31-11-40(4)12-32-48;1-2-4-5-3-1/h5-36H,1-4H3;1-2H,(H,3,4,5). The van der Waals surface area contributed by atoms with E-state index in [1.165, 1.54) is 33.4 Å². The highest BCUT2D eigenvalue weighted by Gasteiger charge is 2.13. The number of rotatable bonds is 10. The maximum absolute atomic E-state index is 3.42. The topological polar surface area (TPSA) is 48.0 Å². The Morgan fingerprint density at radius 1 is 0.333 bits per heavy atom. The lowest BCUT2D eigenvalue weighted by Crippen LogP contribution is -2.09. The number of aromatic amines is 1. The molecule has 1 heterocycles. The first-order valence-corrected chi connectivity index (χ1v) is 19.2. The molecule has 0 amide bonds. The molecule has 57 heavy (non-hydrogen) atoms. The summed E-state index contributed by atoms with van der Waals surface area (Å²) in [4.78, 5) is 4.61. The maximum atomic E-state index is 3.42. The minimum Gasteiger partial charge on any atom is -0.311 e. The van der Waals surface area contributed by atoms with Gasteiger partial charge in [0.2, 0.25) is 0 Å². The number of benzene rings is 7. The van der Waals surface area contributed by atoms with Gasteiger partial charge in [0.1, 0.15) is 0 Å². The predicted molar refractivity (Wildman–Crippen MR) is 242 cm³/mol. The number of aryl methyl sites for hydroxylation is 4. The number of aromatic nitrogens is 3. The average molecular weight is 742 g/mol. The normalized spacial score (nSPS) is 11.0. The van der Waals surface area contributed by atoms with Crippen LogP contribution >= 0.6 is 0 Å². The van der Waals surface area contributed by atoms with Crippen LogP contribution in [-0.2, 0) is 0 Å². The molecule has 1 aromatic heterocycles. The van der Waals surface area contributed by atoms with Gasteiger partial charge in [-0.1, -0.05) is 149 Å². The Kier molecular flexibility index (Phi) is 12.3. The Morgan fingerprint density at radius 2 is 0.561 bits per heavy atom. The zero-order chi connectivity index (χ0) is 39.4. The van der Waals surface area contributed by atoms with E-state index < -0.39 is 0 Å². The lowest BCUT2D eigenvalue weighted by molar-refractivity contribution is 0.940. The van der Waals surface area contributed by atoms with Crippen LogP contribution in [0.3, 0.4) is 0 Å². The van der Waals surface area contributed by atoms with Gasteiger partial charge in [-0.25, -0.2) is 0 Å². The zero-order valence-electron chi connectivity index (χ0n) is 32.9. The maximum Gasteiger partial charge on any atom is 0.0690 e. The van der Waals surface area contributed by atoms with Crippen molar-refractivity contribution in [3.05, 3.63) is 227 Å². The number of H-pyrrole nitrogens is 1. The SMILES string of the molecule is Cc1ccc(N(c2ccc(C)cc2)c2ccc(C=Cc3ccc(C=Cc4ccc(N(c5ccc(C)cc5)c5ccc(C)cc5)cc4)cc3)cc2)cc1.c1c[nH]nn1. The van der Waals surface area contributed by atoms with Gasteiger partial charge in [0.15, 0.2) is 0 Å². The second kappa shape index (κ2) is 18.4. The molecule has 8 aromatic rings. The minimum atomic E-state index is 1.13. The number of hydrogen-bond donors (Lipinski definition) is 1. The smallest absolute Gasteiger partial charge is 0.0690 e. The lowest BCUT2D eigenvalue weighted by atomic mass is 10.1. The Morgan fingerprint density at radius 3 is 0.754 bits per heavy atom. The first-order chi connectivity index (χ1) is 27.9. The monoisotopic (exact) mass is 741 g/mol. The van der Waals surface area contributed by atoms with E-state index in [1.54, 1.807) is 12.4 Å². The van der Waals surface area contributed by atoms with E-state index in [4.69, 9.17) is 0 Å². The van der Waals surface area contributed by atoms with Crippen molar-refractivity contribution in [1.82, 2.24) is 15.4 Å². The Labute approximate surface area is 336 Å². The van der Waals surface area contributed by atoms with Crippen LogP contribution in [0.25, 0.3) is 24.3 Å². The van der Waals surface area contributed by atoms with Crippen molar-refractivity contribution in [2.45, 2.75) is 27.7 Å². The van der Waals surface area contributed by atoms with Crippen molar-refractivity contribution in [3.8, 4) is 0 Å². The zero-order valence-corrected chi connectivity index (χ0v) is 32.9. The lowest BCUT2D eigenvalue weighted by Gasteiger charge is -2.25. The highest BCUT2D eigenvalue weighted by molar-refractivity contribution is 5.80. The van der Waals surface area contributed by atoms with E-state index in [9.17, 15) is 0 Å². The molecule has 7 aromatic carbocycles. The van der Waals surface area contributed by atoms with Crippen molar-refractivity contribution in [2.24, 2.45) is 0 Å². The summed E-state index contributed by atoms with van der Waals surface area (Å²) in [7, 11) is 0. The molecular weight excluding hydrogens is 695 g/mol. The third kappa shape index (κ3) is 10.3. The molecule has 0 atom stereocenters. The molecule has 0 radical (unpaired) electrons. The first-order valence-electron chi connectivity index (χ1n) is 19.2. The molecule has 280 valence electrons. The fourth-order valence-corrected chi connectivity index (χ4v) is 6.41. The van der Waals surface area contributed by atoms with Crippen LogP contribution in [0, 0.1) is 27.7 Å². The molecule has 0 aliphatic rings. The van der Waals surface area contributed by atoms with Crippen LogP contribution in [0.15, 0.2) is 182 Å². The molecule has 0 saturated carbocycles. The van der Waals surface area contributed by atoms with E-state index in [2.05, 4.69) is 247 Å². The minimum absolute atomic E-state index is 1.13. The van der Waals surface area contributed by atoms with E-state index >= 15 is 0 Å². The fourth-order valence-electron chi connectivity index (χ4n) is 6.41. The highest BCUT2D eigenvalue weighted by Crippen LogP contribution is 2.36. The van der Waals surface area contributed by atoms with Gasteiger partial charge < -0.3 is 9.80 Å². The van der Waals surface area contributed by atoms with Crippen molar-refractivity contribution < 1.29 is 0 Å². The van der Waals surface area contributed by atoms with Crippen LogP contribution in [0.1, 0.15) is 44.5 Å². The number of hydrogen-bond acceptors (Lipinski definition) is 4. The predicted octanol–water partition coefficient (Wildman–Crippen LogP) is 14.0. The number of anilines is 6. The Balaban J connectivity index is 0.000000921. The van der Waals surface area contributed by atoms with Gasteiger partial charge in [-0.05, 0) is 123 Å². The van der Waals surface area contributed by atoms with Crippen LogP contribution in [0.4, 0.5) is 34.1 Å². The largest absolute Gasteiger partial charge is 0.311 e. The summed E-state index contributed by atoms with van der Waals surface area (Å²) < 4.78 is 0. The molecule has 0 aliphatic carbocycles. The summed E-state index contributed by atoms with van der Waals surface area (Å²) in [6, 6.07) is 61.0. The fraction of sp³-hybridized carbons (Fsp3) is 0.0769. The van der Waals surface area contributed by atoms with Crippen molar-refractivity contribution in [2.75, 3.05) is 9.80 Å². The van der Waals surface area contributed by atoms with Gasteiger partial charge in [-0.2, -0.15) is 0 Å². The molecule has 0 unspecified atom stereocenters. The van der Waals surface area contributed by atoms with Gasteiger partial charge in [-0.3, -0.25) is 5.10 Å². The Hall–Kier alpha value is -7.24. The van der Waals surface area contributed by atoms with Gasteiger partial charge in [-0.15, -0.1) is 5.10 Å². The molecule has 0 fully saturated rings. The van der Waals surface area contributed by atoms with E-state index in [-0.39, 0.29) is 0 Å². The third-order valence-electron chi connectivity index (χ3n) is 9.68. The van der Waals surface area contributed by atoms with Gasteiger partial charge in [0, 0.05) is 40.3 Å².